The van der Waals surface area contributed by atoms with Gasteiger partial charge in [0.25, 0.3) is 0 Å². The Morgan fingerprint density at radius 1 is 1.55 bits per heavy atom. The van der Waals surface area contributed by atoms with E-state index in [4.69, 9.17) is 0 Å². The van der Waals surface area contributed by atoms with Gasteiger partial charge in [-0.05, 0) is 12.3 Å². The number of allylic oxidation sites excluding steroid dienone is 1. The van der Waals surface area contributed by atoms with Crippen LogP contribution in [0.2, 0.25) is 0 Å². The van der Waals surface area contributed by atoms with Crippen LogP contribution >= 0.6 is 0 Å². The highest BCUT2D eigenvalue weighted by Gasteiger charge is 2.34. The Morgan fingerprint density at radius 2 is 2.27 bits per heavy atom. The second-order valence-electron chi connectivity index (χ2n) is 2.58. The predicted molar refractivity (Wildman–Crippen MR) is 38.8 cm³/mol. The SMILES string of the molecule is COC(=O)/C=C\C1CC1C=O. The molecule has 11 heavy (non-hydrogen) atoms. The summed E-state index contributed by atoms with van der Waals surface area (Å²) in [6.45, 7) is 0. The molecule has 1 aliphatic carbocycles. The molecule has 0 aromatic carbocycles. The number of carbonyl (C=O) groups is 2. The molecular formula is C8H10O3. The van der Waals surface area contributed by atoms with Crippen molar-refractivity contribution in [3.8, 4) is 0 Å². The van der Waals surface area contributed by atoms with Crippen LogP contribution in [0.1, 0.15) is 6.42 Å². The molecule has 3 heteroatoms. The van der Waals surface area contributed by atoms with E-state index in [2.05, 4.69) is 4.74 Å². The molecule has 0 spiro atoms. The van der Waals surface area contributed by atoms with Crippen molar-refractivity contribution in [1.82, 2.24) is 0 Å². The van der Waals surface area contributed by atoms with Crippen LogP contribution in [-0.4, -0.2) is 19.4 Å². The van der Waals surface area contributed by atoms with Gasteiger partial charge in [-0.3, -0.25) is 0 Å². The summed E-state index contributed by atoms with van der Waals surface area (Å²) in [5.74, 6) is 0.0454. The zero-order valence-electron chi connectivity index (χ0n) is 6.32. The Bertz CT molecular complexity index is 196. The molecule has 0 amide bonds. The van der Waals surface area contributed by atoms with Gasteiger partial charge in [0.15, 0.2) is 0 Å². The molecule has 3 nitrogen and oxygen atoms in total. The van der Waals surface area contributed by atoms with Crippen molar-refractivity contribution in [2.24, 2.45) is 11.8 Å². The number of methoxy groups -OCH3 is 1. The van der Waals surface area contributed by atoms with E-state index in [1.54, 1.807) is 6.08 Å². The maximum absolute atomic E-state index is 10.5. The van der Waals surface area contributed by atoms with Gasteiger partial charge in [-0.2, -0.15) is 0 Å². The summed E-state index contributed by atoms with van der Waals surface area (Å²) in [5.41, 5.74) is 0. The van der Waals surface area contributed by atoms with E-state index in [1.165, 1.54) is 13.2 Å². The van der Waals surface area contributed by atoms with Gasteiger partial charge in [0.1, 0.15) is 6.29 Å². The lowest BCUT2D eigenvalue weighted by molar-refractivity contribution is -0.134. The minimum absolute atomic E-state index is 0.135. The van der Waals surface area contributed by atoms with E-state index in [-0.39, 0.29) is 17.8 Å². The van der Waals surface area contributed by atoms with Crippen molar-refractivity contribution in [2.45, 2.75) is 6.42 Å². The fourth-order valence-electron chi connectivity index (χ4n) is 0.884. The number of ether oxygens (including phenoxy) is 1. The van der Waals surface area contributed by atoms with Crippen molar-refractivity contribution < 1.29 is 14.3 Å². The van der Waals surface area contributed by atoms with Gasteiger partial charge in [0.2, 0.25) is 0 Å². The van der Waals surface area contributed by atoms with Gasteiger partial charge in [0, 0.05) is 12.0 Å². The Kier molecular flexibility index (Phi) is 2.41. The van der Waals surface area contributed by atoms with Gasteiger partial charge in [-0.25, -0.2) is 4.79 Å². The van der Waals surface area contributed by atoms with E-state index in [0.717, 1.165) is 12.7 Å². The lowest BCUT2D eigenvalue weighted by atomic mass is 10.3. The summed E-state index contributed by atoms with van der Waals surface area (Å²) in [4.78, 5) is 20.7. The smallest absolute Gasteiger partial charge is 0.330 e. The first kappa shape index (κ1) is 7.98. The number of rotatable bonds is 3. The van der Waals surface area contributed by atoms with Crippen LogP contribution in [0, 0.1) is 11.8 Å². The summed E-state index contributed by atoms with van der Waals surface area (Å²) >= 11 is 0. The maximum atomic E-state index is 10.5. The van der Waals surface area contributed by atoms with Crippen LogP contribution < -0.4 is 0 Å². The molecule has 0 saturated heterocycles. The third-order valence-electron chi connectivity index (χ3n) is 1.75. The lowest BCUT2D eigenvalue weighted by Crippen LogP contribution is -1.93. The molecule has 2 atom stereocenters. The van der Waals surface area contributed by atoms with E-state index >= 15 is 0 Å². The molecule has 1 fully saturated rings. The highest BCUT2D eigenvalue weighted by Crippen LogP contribution is 2.37. The van der Waals surface area contributed by atoms with Crippen LogP contribution in [0.15, 0.2) is 12.2 Å². The first-order valence-electron chi connectivity index (χ1n) is 3.49. The number of aldehydes is 1. The Morgan fingerprint density at radius 3 is 2.73 bits per heavy atom. The third kappa shape index (κ3) is 2.18. The molecule has 1 saturated carbocycles. The summed E-state index contributed by atoms with van der Waals surface area (Å²) in [7, 11) is 1.33. The number of carbonyl (C=O) groups excluding carboxylic acids is 2. The van der Waals surface area contributed by atoms with Crippen LogP contribution in [-0.2, 0) is 14.3 Å². The third-order valence-corrected chi connectivity index (χ3v) is 1.75. The molecule has 0 aliphatic heterocycles. The molecule has 0 N–H and O–H groups in total. The number of esters is 1. The van der Waals surface area contributed by atoms with Crippen LogP contribution in [0.25, 0.3) is 0 Å². The molecule has 0 aromatic rings. The van der Waals surface area contributed by atoms with E-state index in [1.807, 2.05) is 0 Å². The average molecular weight is 154 g/mol. The van der Waals surface area contributed by atoms with Gasteiger partial charge in [-0.15, -0.1) is 0 Å². The summed E-state index contributed by atoms with van der Waals surface area (Å²) in [5, 5.41) is 0. The normalized spacial score (nSPS) is 28.5. The zero-order valence-corrected chi connectivity index (χ0v) is 6.32. The van der Waals surface area contributed by atoms with Gasteiger partial charge >= 0.3 is 5.97 Å². The first-order chi connectivity index (χ1) is 5.27. The molecule has 1 rings (SSSR count). The second-order valence-corrected chi connectivity index (χ2v) is 2.58. The second kappa shape index (κ2) is 3.32. The van der Waals surface area contributed by atoms with Crippen molar-refractivity contribution >= 4 is 12.3 Å². The van der Waals surface area contributed by atoms with Gasteiger partial charge in [-0.1, -0.05) is 6.08 Å². The molecule has 1 aliphatic rings. The van der Waals surface area contributed by atoms with Crippen LogP contribution in [0.4, 0.5) is 0 Å². The monoisotopic (exact) mass is 154 g/mol. The molecule has 2 unspecified atom stereocenters. The average Bonchev–Trinajstić information content (AvgIpc) is 2.78. The van der Waals surface area contributed by atoms with Gasteiger partial charge in [0.05, 0.1) is 7.11 Å². The Balaban J connectivity index is 2.27. The molecule has 0 heterocycles. The molecule has 0 aromatic heterocycles. The predicted octanol–water partition coefficient (Wildman–Crippen LogP) is 0.551. The van der Waals surface area contributed by atoms with E-state index in [0.29, 0.717) is 0 Å². The highest BCUT2D eigenvalue weighted by molar-refractivity contribution is 5.82. The Labute approximate surface area is 65.0 Å². The summed E-state index contributed by atoms with van der Waals surface area (Å²) in [6.07, 6.45) is 4.89. The quantitative estimate of drug-likeness (QED) is 0.338. The van der Waals surface area contributed by atoms with E-state index in [9.17, 15) is 9.59 Å². The zero-order chi connectivity index (χ0) is 8.27. The fraction of sp³-hybridized carbons (Fsp3) is 0.500. The van der Waals surface area contributed by atoms with Crippen molar-refractivity contribution in [3.63, 3.8) is 0 Å². The Hall–Kier alpha value is -1.12. The largest absolute Gasteiger partial charge is 0.466 e. The maximum Gasteiger partial charge on any atom is 0.330 e. The number of hydrogen-bond acceptors (Lipinski definition) is 3. The fourth-order valence-corrected chi connectivity index (χ4v) is 0.884. The van der Waals surface area contributed by atoms with Crippen LogP contribution in [0.3, 0.4) is 0 Å². The van der Waals surface area contributed by atoms with Gasteiger partial charge < -0.3 is 9.53 Å². The molecule has 0 bridgehead atoms. The van der Waals surface area contributed by atoms with Crippen molar-refractivity contribution in [3.05, 3.63) is 12.2 Å². The highest BCUT2D eigenvalue weighted by atomic mass is 16.5. The first-order valence-corrected chi connectivity index (χ1v) is 3.49. The van der Waals surface area contributed by atoms with Crippen molar-refractivity contribution in [2.75, 3.05) is 7.11 Å². The molecular weight excluding hydrogens is 144 g/mol. The standard InChI is InChI=1S/C8H10O3/c1-11-8(10)3-2-6-4-7(6)5-9/h2-3,5-7H,4H2,1H3/b3-2-. The lowest BCUT2D eigenvalue weighted by Gasteiger charge is -1.87. The van der Waals surface area contributed by atoms with E-state index < -0.39 is 0 Å². The minimum atomic E-state index is -0.360. The summed E-state index contributed by atoms with van der Waals surface area (Å²) < 4.78 is 4.38. The minimum Gasteiger partial charge on any atom is -0.466 e. The topological polar surface area (TPSA) is 43.4 Å². The van der Waals surface area contributed by atoms with Crippen LogP contribution in [0.5, 0.6) is 0 Å². The molecule has 0 radical (unpaired) electrons. The summed E-state index contributed by atoms with van der Waals surface area (Å²) in [6, 6.07) is 0. The van der Waals surface area contributed by atoms with Crippen molar-refractivity contribution in [1.29, 1.82) is 0 Å². The number of hydrogen-bond donors (Lipinski definition) is 0. The molecule has 60 valence electrons.